The Morgan fingerprint density at radius 3 is 2.13 bits per heavy atom. The fourth-order valence-corrected chi connectivity index (χ4v) is 2.27. The van der Waals surface area contributed by atoms with Crippen molar-refractivity contribution in [1.29, 1.82) is 0 Å². The quantitative estimate of drug-likeness (QED) is 0.422. The number of nitrogens with one attached hydrogen (secondary N) is 3. The molecule has 0 saturated carbocycles. The summed E-state index contributed by atoms with van der Waals surface area (Å²) in [6, 6.07) is -1.29. The largest absolute Gasteiger partial charge is 0.352 e. The third-order valence-electron chi connectivity index (χ3n) is 3.48. The van der Waals surface area contributed by atoms with Gasteiger partial charge in [-0.3, -0.25) is 9.59 Å². The zero-order valence-electron chi connectivity index (χ0n) is 14.9. The molecule has 23 heavy (non-hydrogen) atoms. The maximum Gasteiger partial charge on any atom is 0.312 e. The predicted molar refractivity (Wildman–Crippen MR) is 90.9 cm³/mol. The molecule has 0 aromatic rings. The number of rotatable bonds is 11. The highest BCUT2D eigenvalue weighted by Gasteiger charge is 2.26. The van der Waals surface area contributed by atoms with Crippen LogP contribution >= 0.6 is 0 Å². The van der Waals surface area contributed by atoms with Gasteiger partial charge in [-0.1, -0.05) is 34.6 Å². The van der Waals surface area contributed by atoms with Crippen molar-refractivity contribution in [2.45, 2.75) is 72.0 Å². The minimum absolute atomic E-state index is 0.00974. The third-order valence-corrected chi connectivity index (χ3v) is 3.48. The van der Waals surface area contributed by atoms with Crippen LogP contribution in [0.1, 0.15) is 53.9 Å². The lowest BCUT2D eigenvalue weighted by atomic mass is 10.00. The van der Waals surface area contributed by atoms with Gasteiger partial charge in [0.15, 0.2) is 5.78 Å². The predicted octanol–water partition coefficient (Wildman–Crippen LogP) is 0.921. The lowest BCUT2D eigenvalue weighted by molar-refractivity contribution is -0.129. The van der Waals surface area contributed by atoms with E-state index in [-0.39, 0.29) is 29.7 Å². The van der Waals surface area contributed by atoms with Crippen LogP contribution in [0.4, 0.5) is 4.79 Å². The summed E-state index contributed by atoms with van der Waals surface area (Å²) in [4.78, 5) is 35.2. The number of amides is 3. The second-order valence-corrected chi connectivity index (χ2v) is 6.36. The molecule has 3 amide bonds. The molecule has 0 aromatic heterocycles. The Kier molecular flexibility index (Phi) is 10.2. The van der Waals surface area contributed by atoms with Crippen LogP contribution < -0.4 is 21.7 Å². The van der Waals surface area contributed by atoms with E-state index in [1.54, 1.807) is 6.92 Å². The molecule has 7 heteroatoms. The van der Waals surface area contributed by atoms with E-state index in [1.165, 1.54) is 0 Å². The Morgan fingerprint density at radius 1 is 1.09 bits per heavy atom. The fourth-order valence-electron chi connectivity index (χ4n) is 2.27. The van der Waals surface area contributed by atoms with Gasteiger partial charge in [-0.2, -0.15) is 0 Å². The average Bonchev–Trinajstić information content (AvgIpc) is 2.46. The van der Waals surface area contributed by atoms with Crippen molar-refractivity contribution in [1.82, 2.24) is 16.0 Å². The van der Waals surface area contributed by atoms with E-state index < -0.39 is 12.1 Å². The molecule has 7 nitrogen and oxygen atoms in total. The molecule has 134 valence electrons. The smallest absolute Gasteiger partial charge is 0.312 e. The number of primary amides is 1. The second-order valence-electron chi connectivity index (χ2n) is 6.36. The zero-order chi connectivity index (χ0) is 18.0. The summed E-state index contributed by atoms with van der Waals surface area (Å²) in [6.07, 6.45) is 1.41. The van der Waals surface area contributed by atoms with Gasteiger partial charge in [-0.15, -0.1) is 0 Å². The van der Waals surface area contributed by atoms with Crippen LogP contribution in [0.5, 0.6) is 0 Å². The van der Waals surface area contributed by atoms with E-state index in [1.807, 2.05) is 27.7 Å². The van der Waals surface area contributed by atoms with E-state index in [4.69, 9.17) is 5.73 Å². The normalized spacial score (nSPS) is 13.7. The fraction of sp³-hybridized carbons (Fsp3) is 0.812. The van der Waals surface area contributed by atoms with Crippen molar-refractivity contribution in [3.8, 4) is 0 Å². The van der Waals surface area contributed by atoms with Crippen LogP contribution in [0.15, 0.2) is 0 Å². The summed E-state index contributed by atoms with van der Waals surface area (Å²) in [5.74, 6) is -0.0563. The molecule has 0 aliphatic carbocycles. The number of urea groups is 1. The minimum atomic E-state index is -0.589. The highest BCUT2D eigenvalue weighted by Crippen LogP contribution is 2.07. The standard InChI is InChI=1S/C16H32N4O3/c1-6-13(21)12(8-7-9-18-16(17)23)20-15(22)14(10(2)3)19-11(4)5/h10-12,14,19H,6-9H2,1-5H3,(H,20,22)(H3,17,18,23). The van der Waals surface area contributed by atoms with Gasteiger partial charge in [0.25, 0.3) is 0 Å². The maximum atomic E-state index is 12.5. The van der Waals surface area contributed by atoms with Crippen LogP contribution in [-0.4, -0.2) is 42.4 Å². The Morgan fingerprint density at radius 2 is 1.70 bits per heavy atom. The van der Waals surface area contributed by atoms with Crippen molar-refractivity contribution < 1.29 is 14.4 Å². The van der Waals surface area contributed by atoms with Crippen LogP contribution in [0, 0.1) is 5.92 Å². The topological polar surface area (TPSA) is 113 Å². The van der Waals surface area contributed by atoms with Gasteiger partial charge >= 0.3 is 6.03 Å². The molecule has 0 fully saturated rings. The van der Waals surface area contributed by atoms with Gasteiger partial charge in [0.1, 0.15) is 0 Å². The first-order chi connectivity index (χ1) is 10.7. The molecule has 0 aliphatic heterocycles. The first kappa shape index (κ1) is 21.4. The monoisotopic (exact) mass is 328 g/mol. The van der Waals surface area contributed by atoms with Crippen molar-refractivity contribution in [2.75, 3.05) is 6.54 Å². The van der Waals surface area contributed by atoms with E-state index in [0.717, 1.165) is 0 Å². The van der Waals surface area contributed by atoms with E-state index >= 15 is 0 Å². The summed E-state index contributed by atoms with van der Waals surface area (Å²) in [6.45, 7) is 10.0. The molecular formula is C16H32N4O3. The molecule has 0 rings (SSSR count). The molecule has 0 aromatic carbocycles. The number of carbonyl (C=O) groups is 3. The van der Waals surface area contributed by atoms with Crippen molar-refractivity contribution in [3.63, 3.8) is 0 Å². The number of nitrogens with two attached hydrogens (primary N) is 1. The van der Waals surface area contributed by atoms with E-state index in [2.05, 4.69) is 16.0 Å². The van der Waals surface area contributed by atoms with Gasteiger partial charge in [0.05, 0.1) is 12.1 Å². The van der Waals surface area contributed by atoms with Gasteiger partial charge in [0.2, 0.25) is 5.91 Å². The zero-order valence-corrected chi connectivity index (χ0v) is 14.9. The van der Waals surface area contributed by atoms with Crippen LogP contribution in [-0.2, 0) is 9.59 Å². The average molecular weight is 328 g/mol. The van der Waals surface area contributed by atoms with Gasteiger partial charge < -0.3 is 21.7 Å². The molecule has 5 N–H and O–H groups in total. The molecule has 0 spiro atoms. The second kappa shape index (κ2) is 11.0. The molecule has 0 saturated heterocycles. The lowest BCUT2D eigenvalue weighted by Crippen LogP contribution is -2.53. The van der Waals surface area contributed by atoms with Crippen LogP contribution in [0.25, 0.3) is 0 Å². The molecule has 2 atom stereocenters. The van der Waals surface area contributed by atoms with Crippen molar-refractivity contribution >= 4 is 17.7 Å². The summed E-state index contributed by atoms with van der Waals surface area (Å²) < 4.78 is 0. The van der Waals surface area contributed by atoms with Crippen molar-refractivity contribution in [3.05, 3.63) is 0 Å². The lowest BCUT2D eigenvalue weighted by Gasteiger charge is -2.26. The van der Waals surface area contributed by atoms with Gasteiger partial charge in [-0.25, -0.2) is 4.79 Å². The number of ketones is 1. The highest BCUT2D eigenvalue weighted by atomic mass is 16.2. The van der Waals surface area contributed by atoms with Crippen LogP contribution in [0.3, 0.4) is 0 Å². The first-order valence-electron chi connectivity index (χ1n) is 8.31. The number of hydrogen-bond donors (Lipinski definition) is 4. The Balaban J connectivity index is 4.69. The molecule has 0 radical (unpaired) electrons. The number of carbonyl (C=O) groups excluding carboxylic acids is 3. The summed E-state index contributed by atoms with van der Waals surface area (Å²) in [5.41, 5.74) is 5.00. The number of hydrogen-bond acceptors (Lipinski definition) is 4. The first-order valence-corrected chi connectivity index (χ1v) is 8.31. The van der Waals surface area contributed by atoms with E-state index in [9.17, 15) is 14.4 Å². The highest BCUT2D eigenvalue weighted by molar-refractivity contribution is 5.90. The molecule has 2 unspecified atom stereocenters. The minimum Gasteiger partial charge on any atom is -0.352 e. The van der Waals surface area contributed by atoms with Crippen LogP contribution in [0.2, 0.25) is 0 Å². The van der Waals surface area contributed by atoms with E-state index in [0.29, 0.717) is 25.8 Å². The van der Waals surface area contributed by atoms with Gasteiger partial charge in [0, 0.05) is 19.0 Å². The Hall–Kier alpha value is -1.63. The van der Waals surface area contributed by atoms with Crippen molar-refractivity contribution in [2.24, 2.45) is 11.7 Å². The summed E-state index contributed by atoms with van der Waals surface area (Å²) in [5, 5.41) is 8.56. The molecule has 0 heterocycles. The third kappa shape index (κ3) is 9.18. The molecule has 0 aliphatic rings. The Bertz CT molecular complexity index is 397. The molecular weight excluding hydrogens is 296 g/mol. The van der Waals surface area contributed by atoms with Gasteiger partial charge in [-0.05, 0) is 18.8 Å². The maximum absolute atomic E-state index is 12.5. The SMILES string of the molecule is CCC(=O)C(CCCNC(N)=O)NC(=O)C(NC(C)C)C(C)C. The number of Topliss-reactive ketones (excluding diaryl/α,β-unsaturated/α-hetero) is 1. The summed E-state index contributed by atoms with van der Waals surface area (Å²) >= 11 is 0. The molecule has 0 bridgehead atoms. The Labute approximate surface area is 139 Å². The summed E-state index contributed by atoms with van der Waals surface area (Å²) in [7, 11) is 0.